The molecule has 3 nitrogen and oxygen atoms in total. The molecule has 82 valence electrons. The Kier molecular flexibility index (Phi) is 3.38. The number of halogens is 1. The molecular weight excluding hydrogens is 313 g/mol. The molecule has 0 N–H and O–H groups in total. The normalized spacial score (nSPS) is 11.2. The van der Waals surface area contributed by atoms with E-state index in [-0.39, 0.29) is 0 Å². The molecule has 0 atom stereocenters. The van der Waals surface area contributed by atoms with E-state index in [9.17, 15) is 0 Å². The Morgan fingerprint density at radius 2 is 2.06 bits per heavy atom. The number of fused-ring (bicyclic) bond motifs is 1. The number of aliphatic imine (C=N–C) groups is 1. The highest BCUT2D eigenvalue weighted by Crippen LogP contribution is 2.29. The fourth-order valence-corrected chi connectivity index (χ4v) is 1.98. The Morgan fingerprint density at radius 1 is 1.31 bits per heavy atom. The second-order valence-electron chi connectivity index (χ2n) is 3.68. The summed E-state index contributed by atoms with van der Waals surface area (Å²) in [6.45, 7) is 0. The number of aromatic nitrogens is 1. The van der Waals surface area contributed by atoms with Crippen molar-refractivity contribution in [2.45, 2.75) is 0 Å². The summed E-state index contributed by atoms with van der Waals surface area (Å²) in [6, 6.07) is 8.04. The van der Waals surface area contributed by atoms with Crippen LogP contribution in [0.2, 0.25) is 0 Å². The predicted octanol–water partition coefficient (Wildman–Crippen LogP) is 3.06. The molecule has 1 heterocycles. The Bertz CT molecular complexity index is 535. The zero-order chi connectivity index (χ0) is 11.5. The quantitative estimate of drug-likeness (QED) is 0.482. The van der Waals surface area contributed by atoms with Crippen LogP contribution < -0.4 is 0 Å². The standard InChI is InChI=1S/C12H12IN3/c1-16(2)8-15-12-9-5-3-4-6-11(9)14-7-10(12)13/h3-8H,1-2H3. The molecule has 2 rings (SSSR count). The first-order chi connectivity index (χ1) is 7.68. The van der Waals surface area contributed by atoms with Crippen molar-refractivity contribution in [3.63, 3.8) is 0 Å². The van der Waals surface area contributed by atoms with Gasteiger partial charge in [0.1, 0.15) is 0 Å². The maximum absolute atomic E-state index is 4.49. The maximum Gasteiger partial charge on any atom is 0.0907 e. The minimum absolute atomic E-state index is 0.980. The van der Waals surface area contributed by atoms with Gasteiger partial charge in [0.25, 0.3) is 0 Å². The third-order valence-corrected chi connectivity index (χ3v) is 2.91. The molecule has 0 unspecified atom stereocenters. The van der Waals surface area contributed by atoms with Crippen LogP contribution in [0.4, 0.5) is 5.69 Å². The molecule has 0 spiro atoms. The molecule has 0 aliphatic rings. The highest BCUT2D eigenvalue weighted by Gasteiger charge is 2.04. The first kappa shape index (κ1) is 11.3. The van der Waals surface area contributed by atoms with Crippen LogP contribution in [0.5, 0.6) is 0 Å². The van der Waals surface area contributed by atoms with Crippen LogP contribution in [0.3, 0.4) is 0 Å². The van der Waals surface area contributed by atoms with Crippen LogP contribution in [0, 0.1) is 3.57 Å². The van der Waals surface area contributed by atoms with E-state index in [1.807, 2.05) is 55.8 Å². The minimum Gasteiger partial charge on any atom is -0.369 e. The van der Waals surface area contributed by atoms with E-state index in [4.69, 9.17) is 0 Å². The molecule has 0 radical (unpaired) electrons. The number of hydrogen-bond donors (Lipinski definition) is 0. The fraction of sp³-hybridized carbons (Fsp3) is 0.167. The number of pyridine rings is 1. The number of para-hydroxylation sites is 1. The molecule has 0 fully saturated rings. The van der Waals surface area contributed by atoms with Crippen LogP contribution >= 0.6 is 22.6 Å². The molecule has 4 heteroatoms. The van der Waals surface area contributed by atoms with Crippen molar-refractivity contribution in [3.05, 3.63) is 34.0 Å². The van der Waals surface area contributed by atoms with Crippen LogP contribution in [0.25, 0.3) is 10.9 Å². The van der Waals surface area contributed by atoms with Crippen LogP contribution in [0.1, 0.15) is 0 Å². The van der Waals surface area contributed by atoms with Gasteiger partial charge < -0.3 is 4.90 Å². The number of benzene rings is 1. The topological polar surface area (TPSA) is 28.5 Å². The zero-order valence-corrected chi connectivity index (χ0v) is 11.3. The van der Waals surface area contributed by atoms with Gasteiger partial charge in [-0.2, -0.15) is 0 Å². The summed E-state index contributed by atoms with van der Waals surface area (Å²) in [5.41, 5.74) is 1.97. The zero-order valence-electron chi connectivity index (χ0n) is 9.18. The fourth-order valence-electron chi connectivity index (χ4n) is 1.41. The van der Waals surface area contributed by atoms with Gasteiger partial charge in [-0.3, -0.25) is 4.98 Å². The largest absolute Gasteiger partial charge is 0.369 e. The van der Waals surface area contributed by atoms with E-state index in [0.717, 1.165) is 20.2 Å². The Hall–Kier alpha value is -1.17. The highest BCUT2D eigenvalue weighted by atomic mass is 127. The summed E-state index contributed by atoms with van der Waals surface area (Å²) in [5, 5.41) is 1.09. The number of rotatable bonds is 2. The second kappa shape index (κ2) is 4.78. The lowest BCUT2D eigenvalue weighted by Crippen LogP contribution is -2.07. The van der Waals surface area contributed by atoms with E-state index in [1.54, 1.807) is 0 Å². The van der Waals surface area contributed by atoms with Gasteiger partial charge in [-0.15, -0.1) is 0 Å². The summed E-state index contributed by atoms with van der Waals surface area (Å²) in [5.74, 6) is 0. The van der Waals surface area contributed by atoms with E-state index in [1.165, 1.54) is 0 Å². The van der Waals surface area contributed by atoms with Crippen molar-refractivity contribution < 1.29 is 0 Å². The minimum atomic E-state index is 0.980. The van der Waals surface area contributed by atoms with Crippen molar-refractivity contribution in [3.8, 4) is 0 Å². The van der Waals surface area contributed by atoms with Gasteiger partial charge in [-0.25, -0.2) is 4.99 Å². The Morgan fingerprint density at radius 3 is 2.81 bits per heavy atom. The average Bonchev–Trinajstić information content (AvgIpc) is 2.27. The lowest BCUT2D eigenvalue weighted by atomic mass is 10.2. The molecule has 2 aromatic rings. The number of hydrogen-bond acceptors (Lipinski definition) is 2. The van der Waals surface area contributed by atoms with Gasteiger partial charge in [0.15, 0.2) is 0 Å². The van der Waals surface area contributed by atoms with Gasteiger partial charge in [0.05, 0.1) is 21.1 Å². The summed E-state index contributed by atoms with van der Waals surface area (Å²) >= 11 is 2.26. The van der Waals surface area contributed by atoms with Gasteiger partial charge in [0.2, 0.25) is 0 Å². The molecule has 1 aromatic carbocycles. The molecule has 0 saturated carbocycles. The van der Waals surface area contributed by atoms with Crippen molar-refractivity contribution in [2.24, 2.45) is 4.99 Å². The lowest BCUT2D eigenvalue weighted by molar-refractivity contribution is 0.643. The lowest BCUT2D eigenvalue weighted by Gasteiger charge is -2.06. The van der Waals surface area contributed by atoms with Gasteiger partial charge in [-0.1, -0.05) is 18.2 Å². The van der Waals surface area contributed by atoms with Crippen molar-refractivity contribution in [1.29, 1.82) is 0 Å². The van der Waals surface area contributed by atoms with E-state index in [2.05, 4.69) is 32.6 Å². The van der Waals surface area contributed by atoms with E-state index >= 15 is 0 Å². The molecule has 16 heavy (non-hydrogen) atoms. The molecule has 0 aliphatic heterocycles. The third kappa shape index (κ3) is 2.32. The molecule has 1 aromatic heterocycles. The monoisotopic (exact) mass is 325 g/mol. The molecular formula is C12H12IN3. The molecule has 0 amide bonds. The summed E-state index contributed by atoms with van der Waals surface area (Å²) in [6.07, 6.45) is 3.66. The van der Waals surface area contributed by atoms with Crippen LogP contribution in [-0.4, -0.2) is 30.3 Å². The summed E-state index contributed by atoms with van der Waals surface area (Å²) in [7, 11) is 3.92. The highest BCUT2D eigenvalue weighted by molar-refractivity contribution is 14.1. The Balaban J connectivity index is 2.61. The SMILES string of the molecule is CN(C)C=Nc1c(I)cnc2ccccc12. The first-order valence-corrected chi connectivity index (χ1v) is 6.00. The predicted molar refractivity (Wildman–Crippen MR) is 76.3 cm³/mol. The van der Waals surface area contributed by atoms with E-state index in [0.29, 0.717) is 0 Å². The van der Waals surface area contributed by atoms with Gasteiger partial charge in [-0.05, 0) is 28.7 Å². The van der Waals surface area contributed by atoms with Crippen molar-refractivity contribution in [1.82, 2.24) is 9.88 Å². The smallest absolute Gasteiger partial charge is 0.0907 e. The molecule has 0 saturated heterocycles. The molecule has 0 bridgehead atoms. The van der Waals surface area contributed by atoms with Crippen molar-refractivity contribution in [2.75, 3.05) is 14.1 Å². The summed E-state index contributed by atoms with van der Waals surface area (Å²) < 4.78 is 1.06. The molecule has 0 aliphatic carbocycles. The summed E-state index contributed by atoms with van der Waals surface area (Å²) in [4.78, 5) is 10.8. The van der Waals surface area contributed by atoms with Crippen LogP contribution in [0.15, 0.2) is 35.5 Å². The van der Waals surface area contributed by atoms with E-state index < -0.39 is 0 Å². The maximum atomic E-state index is 4.49. The second-order valence-corrected chi connectivity index (χ2v) is 4.84. The van der Waals surface area contributed by atoms with Gasteiger partial charge >= 0.3 is 0 Å². The third-order valence-electron chi connectivity index (χ3n) is 2.12. The van der Waals surface area contributed by atoms with Gasteiger partial charge in [0, 0.05) is 25.7 Å². The Labute approximate surface area is 108 Å². The first-order valence-electron chi connectivity index (χ1n) is 4.92. The number of nitrogens with zero attached hydrogens (tertiary/aromatic N) is 3. The van der Waals surface area contributed by atoms with Crippen molar-refractivity contribution >= 4 is 45.5 Å². The average molecular weight is 325 g/mol. The van der Waals surface area contributed by atoms with Crippen LogP contribution in [-0.2, 0) is 0 Å².